The molecule has 88 valence electrons. The Hall–Kier alpha value is -2.28. The van der Waals surface area contributed by atoms with Gasteiger partial charge in [0.2, 0.25) is 0 Å². The van der Waals surface area contributed by atoms with Crippen LogP contribution < -0.4 is 0 Å². The third-order valence-corrected chi connectivity index (χ3v) is 3.07. The highest BCUT2D eigenvalue weighted by molar-refractivity contribution is 5.66. The van der Waals surface area contributed by atoms with Crippen LogP contribution in [0.1, 0.15) is 5.56 Å². The van der Waals surface area contributed by atoms with Crippen LogP contribution in [0.4, 0.5) is 0 Å². The number of hydrogen-bond acceptors (Lipinski definition) is 1. The molecule has 0 spiro atoms. The summed E-state index contributed by atoms with van der Waals surface area (Å²) in [4.78, 5) is 0. The van der Waals surface area contributed by atoms with Crippen LogP contribution in [0.25, 0.3) is 22.6 Å². The molecule has 0 saturated carbocycles. The molecular weight excluding hydrogens is 220 g/mol. The first-order chi connectivity index (χ1) is 8.84. The average molecular weight is 234 g/mol. The Morgan fingerprint density at radius 2 is 1.33 bits per heavy atom. The Bertz CT molecular complexity index is 650. The molecule has 0 unspecified atom stereocenters. The summed E-state index contributed by atoms with van der Waals surface area (Å²) in [6.07, 6.45) is 0. The zero-order valence-electron chi connectivity index (χ0n) is 10.3. The maximum absolute atomic E-state index is 5.94. The van der Waals surface area contributed by atoms with E-state index in [1.54, 1.807) is 0 Å². The lowest BCUT2D eigenvalue weighted by molar-refractivity contribution is 0.597. The van der Waals surface area contributed by atoms with E-state index in [1.165, 1.54) is 5.56 Å². The van der Waals surface area contributed by atoms with Gasteiger partial charge in [0.05, 0.1) is 0 Å². The first-order valence-electron chi connectivity index (χ1n) is 6.06. The summed E-state index contributed by atoms with van der Waals surface area (Å²) in [6, 6.07) is 22.5. The van der Waals surface area contributed by atoms with E-state index in [1.807, 2.05) is 42.5 Å². The van der Waals surface area contributed by atoms with Gasteiger partial charge in [-0.05, 0) is 24.6 Å². The van der Waals surface area contributed by atoms with Gasteiger partial charge < -0.3 is 4.42 Å². The molecule has 0 saturated heterocycles. The Morgan fingerprint density at radius 3 is 2.11 bits per heavy atom. The third kappa shape index (κ3) is 1.95. The van der Waals surface area contributed by atoms with Gasteiger partial charge >= 0.3 is 0 Å². The molecule has 0 aliphatic carbocycles. The molecule has 0 radical (unpaired) electrons. The predicted octanol–water partition coefficient (Wildman–Crippen LogP) is 4.92. The van der Waals surface area contributed by atoms with E-state index < -0.39 is 0 Å². The van der Waals surface area contributed by atoms with Gasteiger partial charge in [-0.3, -0.25) is 0 Å². The summed E-state index contributed by atoms with van der Waals surface area (Å²) in [6.45, 7) is 2.10. The van der Waals surface area contributed by atoms with Crippen LogP contribution in [0.2, 0.25) is 0 Å². The molecule has 3 aromatic rings. The molecule has 0 bridgehead atoms. The number of furan rings is 1. The number of hydrogen-bond donors (Lipinski definition) is 0. The number of benzene rings is 2. The minimum atomic E-state index is 0.911. The first kappa shape index (κ1) is 10.8. The van der Waals surface area contributed by atoms with Crippen molar-refractivity contribution in [2.75, 3.05) is 0 Å². The van der Waals surface area contributed by atoms with Crippen molar-refractivity contribution in [1.82, 2.24) is 0 Å². The van der Waals surface area contributed by atoms with E-state index in [9.17, 15) is 0 Å². The van der Waals surface area contributed by atoms with Crippen LogP contribution >= 0.6 is 0 Å². The van der Waals surface area contributed by atoms with Gasteiger partial charge in [0, 0.05) is 11.1 Å². The average Bonchev–Trinajstić information content (AvgIpc) is 2.90. The van der Waals surface area contributed by atoms with Crippen molar-refractivity contribution in [1.29, 1.82) is 0 Å². The van der Waals surface area contributed by atoms with Gasteiger partial charge in [0.25, 0.3) is 0 Å². The maximum atomic E-state index is 5.94. The molecule has 0 aliphatic heterocycles. The van der Waals surface area contributed by atoms with Crippen molar-refractivity contribution in [2.45, 2.75) is 6.92 Å². The fourth-order valence-electron chi connectivity index (χ4n) is 2.09. The standard InChI is InChI=1S/C17H14O/c1-13-7-5-6-10-15(13)17-12-11-16(18-17)14-8-3-2-4-9-14/h2-12H,1H3. The Balaban J connectivity index is 2.03. The highest BCUT2D eigenvalue weighted by Crippen LogP contribution is 2.29. The van der Waals surface area contributed by atoms with Crippen LogP contribution in [-0.4, -0.2) is 0 Å². The van der Waals surface area contributed by atoms with E-state index in [-0.39, 0.29) is 0 Å². The molecule has 1 nitrogen and oxygen atoms in total. The zero-order valence-corrected chi connectivity index (χ0v) is 10.3. The van der Waals surface area contributed by atoms with E-state index >= 15 is 0 Å². The van der Waals surface area contributed by atoms with Crippen molar-refractivity contribution in [3.8, 4) is 22.6 Å². The summed E-state index contributed by atoms with van der Waals surface area (Å²) in [5.74, 6) is 1.83. The predicted molar refractivity (Wildman–Crippen MR) is 74.3 cm³/mol. The second kappa shape index (κ2) is 4.53. The Kier molecular flexibility index (Phi) is 2.73. The quantitative estimate of drug-likeness (QED) is 0.613. The van der Waals surface area contributed by atoms with Crippen LogP contribution in [0.15, 0.2) is 71.1 Å². The third-order valence-electron chi connectivity index (χ3n) is 3.07. The van der Waals surface area contributed by atoms with E-state index in [0.29, 0.717) is 0 Å². The van der Waals surface area contributed by atoms with E-state index in [2.05, 4.69) is 31.2 Å². The van der Waals surface area contributed by atoms with Crippen LogP contribution in [0.3, 0.4) is 0 Å². The van der Waals surface area contributed by atoms with Crippen LogP contribution in [-0.2, 0) is 0 Å². The number of aryl methyl sites for hydroxylation is 1. The summed E-state index contributed by atoms with van der Waals surface area (Å²) >= 11 is 0. The molecule has 1 heterocycles. The van der Waals surface area contributed by atoms with Gasteiger partial charge in [0.15, 0.2) is 0 Å². The van der Waals surface area contributed by atoms with E-state index in [4.69, 9.17) is 4.42 Å². The molecule has 0 N–H and O–H groups in total. The van der Waals surface area contributed by atoms with Gasteiger partial charge in [-0.15, -0.1) is 0 Å². The second-order valence-corrected chi connectivity index (χ2v) is 4.34. The van der Waals surface area contributed by atoms with Gasteiger partial charge in [0.1, 0.15) is 11.5 Å². The highest BCUT2D eigenvalue weighted by atomic mass is 16.3. The minimum absolute atomic E-state index is 0.911. The zero-order chi connectivity index (χ0) is 12.4. The van der Waals surface area contributed by atoms with Gasteiger partial charge in [-0.1, -0.05) is 54.6 Å². The molecule has 0 fully saturated rings. The van der Waals surface area contributed by atoms with Crippen LogP contribution in [0.5, 0.6) is 0 Å². The van der Waals surface area contributed by atoms with E-state index in [0.717, 1.165) is 22.6 Å². The van der Waals surface area contributed by atoms with Gasteiger partial charge in [-0.2, -0.15) is 0 Å². The SMILES string of the molecule is Cc1ccccc1-c1ccc(-c2ccccc2)o1. The van der Waals surface area contributed by atoms with Crippen molar-refractivity contribution < 1.29 is 4.42 Å². The molecular formula is C17H14O. The second-order valence-electron chi connectivity index (χ2n) is 4.34. The molecule has 2 aromatic carbocycles. The molecule has 3 rings (SSSR count). The molecule has 0 atom stereocenters. The van der Waals surface area contributed by atoms with Crippen molar-refractivity contribution in [3.05, 3.63) is 72.3 Å². The fourth-order valence-corrected chi connectivity index (χ4v) is 2.09. The van der Waals surface area contributed by atoms with Gasteiger partial charge in [-0.25, -0.2) is 0 Å². The van der Waals surface area contributed by atoms with Crippen molar-refractivity contribution in [3.63, 3.8) is 0 Å². The highest BCUT2D eigenvalue weighted by Gasteiger charge is 2.07. The minimum Gasteiger partial charge on any atom is -0.456 e. The molecule has 0 aliphatic rings. The summed E-state index contributed by atoms with van der Waals surface area (Å²) in [5, 5.41) is 0. The van der Waals surface area contributed by atoms with Crippen molar-refractivity contribution in [2.24, 2.45) is 0 Å². The monoisotopic (exact) mass is 234 g/mol. The summed E-state index contributed by atoms with van der Waals surface area (Å²) < 4.78 is 5.94. The molecule has 1 heteroatoms. The molecule has 1 aromatic heterocycles. The summed E-state index contributed by atoms with van der Waals surface area (Å²) in [7, 11) is 0. The fraction of sp³-hybridized carbons (Fsp3) is 0.0588. The normalized spacial score (nSPS) is 10.5. The number of rotatable bonds is 2. The molecule has 18 heavy (non-hydrogen) atoms. The summed E-state index contributed by atoms with van der Waals surface area (Å²) in [5.41, 5.74) is 3.49. The Morgan fingerprint density at radius 1 is 0.667 bits per heavy atom. The topological polar surface area (TPSA) is 13.1 Å². The lowest BCUT2D eigenvalue weighted by atomic mass is 10.1. The Labute approximate surface area is 107 Å². The van der Waals surface area contributed by atoms with Crippen LogP contribution in [0, 0.1) is 6.92 Å². The lowest BCUT2D eigenvalue weighted by Crippen LogP contribution is -1.78. The van der Waals surface area contributed by atoms with Crippen molar-refractivity contribution >= 4 is 0 Å². The smallest absolute Gasteiger partial charge is 0.135 e. The molecule has 0 amide bonds. The first-order valence-corrected chi connectivity index (χ1v) is 6.06. The maximum Gasteiger partial charge on any atom is 0.135 e. The lowest BCUT2D eigenvalue weighted by Gasteiger charge is -2.01. The largest absolute Gasteiger partial charge is 0.456 e.